The van der Waals surface area contributed by atoms with E-state index in [4.69, 9.17) is 11.5 Å². The summed E-state index contributed by atoms with van der Waals surface area (Å²) in [5.74, 6) is -3.32. The summed E-state index contributed by atoms with van der Waals surface area (Å²) in [6.45, 7) is -0.245. The number of amides is 2. The highest BCUT2D eigenvalue weighted by Crippen LogP contribution is 2.50. The summed E-state index contributed by atoms with van der Waals surface area (Å²) < 4.78 is -0.626. The quantitative estimate of drug-likeness (QED) is 0.268. The van der Waals surface area contributed by atoms with E-state index < -0.39 is 25.1 Å². The molecule has 1 unspecified atom stereocenters. The van der Waals surface area contributed by atoms with E-state index >= 15 is 0 Å². The van der Waals surface area contributed by atoms with Crippen LogP contribution in [0.5, 0.6) is 0 Å². The van der Waals surface area contributed by atoms with Gasteiger partial charge in [-0.1, -0.05) is 45.2 Å². The van der Waals surface area contributed by atoms with Gasteiger partial charge in [0.2, 0.25) is 11.8 Å². The lowest BCUT2D eigenvalue weighted by Crippen LogP contribution is -2.45. The molecule has 0 radical (unpaired) electrons. The Morgan fingerprint density at radius 1 is 1.40 bits per heavy atom. The van der Waals surface area contributed by atoms with Crippen LogP contribution < -0.4 is 16.8 Å². The molecule has 0 aliphatic heterocycles. The van der Waals surface area contributed by atoms with E-state index in [2.05, 4.69) is 5.32 Å². The number of carboxylic acid groups (broad SMARTS) is 1. The maximum Gasteiger partial charge on any atom is 0.314 e. The number of primary amides is 1. The lowest BCUT2D eigenvalue weighted by atomic mass is 9.93. The average Bonchev–Trinajstić information content (AvgIpc) is 2.30. The number of carbonyl (C=O) groups excluding carboxylic acids is 2. The fraction of sp³-hybridized carbons (Fsp3) is 0.300. The summed E-state index contributed by atoms with van der Waals surface area (Å²) in [5, 5.41) is 11.9. The Morgan fingerprint density at radius 2 is 1.95 bits per heavy atom. The minimum Gasteiger partial charge on any atom is -0.481 e. The van der Waals surface area contributed by atoms with Crippen molar-refractivity contribution in [2.24, 2.45) is 17.4 Å². The van der Waals surface area contributed by atoms with Crippen LogP contribution in [0.4, 0.5) is 0 Å². The van der Waals surface area contributed by atoms with Crippen molar-refractivity contribution in [3.8, 4) is 0 Å². The second-order valence-electron chi connectivity index (χ2n) is 3.83. The van der Waals surface area contributed by atoms with Gasteiger partial charge in [0.05, 0.1) is 12.1 Å². The fourth-order valence-corrected chi connectivity index (χ4v) is 5.64. The predicted molar refractivity (Wildman–Crippen MR) is 97.4 cm³/mol. The van der Waals surface area contributed by atoms with E-state index in [1.807, 2.05) is 45.2 Å². The van der Waals surface area contributed by atoms with Gasteiger partial charge in [0, 0.05) is 9.28 Å². The zero-order valence-electron chi connectivity index (χ0n) is 9.82. The van der Waals surface area contributed by atoms with E-state index in [0.717, 1.165) is 0 Å². The summed E-state index contributed by atoms with van der Waals surface area (Å²) in [6.07, 6.45) is 1.40. The van der Waals surface area contributed by atoms with Crippen LogP contribution in [-0.4, -0.2) is 30.9 Å². The maximum absolute atomic E-state index is 11.5. The molecule has 0 saturated heterocycles. The fourth-order valence-electron chi connectivity index (χ4n) is 1.55. The van der Waals surface area contributed by atoms with Crippen LogP contribution in [0.3, 0.4) is 0 Å². The smallest absolute Gasteiger partial charge is 0.314 e. The summed E-state index contributed by atoms with van der Waals surface area (Å²) in [7, 11) is 0. The van der Waals surface area contributed by atoms with Crippen LogP contribution in [0.25, 0.3) is 0 Å². The predicted octanol–water partition coefficient (Wildman–Crippen LogP) is 0.400. The number of halogens is 3. The van der Waals surface area contributed by atoms with E-state index in [-0.39, 0.29) is 17.8 Å². The molecule has 0 heterocycles. The summed E-state index contributed by atoms with van der Waals surface area (Å²) >= 11 is 5.63. The van der Waals surface area contributed by atoms with Crippen molar-refractivity contribution in [1.82, 2.24) is 5.32 Å². The zero-order valence-corrected chi connectivity index (χ0v) is 16.3. The molecule has 0 aromatic carbocycles. The van der Waals surface area contributed by atoms with Crippen molar-refractivity contribution in [2.45, 2.75) is 1.43 Å². The van der Waals surface area contributed by atoms with Gasteiger partial charge >= 0.3 is 5.97 Å². The van der Waals surface area contributed by atoms with Crippen molar-refractivity contribution in [3.05, 3.63) is 20.9 Å². The van der Waals surface area contributed by atoms with Crippen molar-refractivity contribution in [1.29, 1.82) is 0 Å². The molecule has 1 atom stereocenters. The van der Waals surface area contributed by atoms with Gasteiger partial charge in [-0.2, -0.15) is 0 Å². The van der Waals surface area contributed by atoms with Crippen molar-refractivity contribution in [2.75, 3.05) is 6.54 Å². The van der Waals surface area contributed by atoms with Crippen LogP contribution in [-0.2, 0) is 14.4 Å². The highest BCUT2D eigenvalue weighted by atomic mass is 127. The third-order valence-corrected chi connectivity index (χ3v) is 6.10. The largest absolute Gasteiger partial charge is 0.481 e. The summed E-state index contributed by atoms with van der Waals surface area (Å²) in [4.78, 5) is 34.3. The average molecular weight is 617 g/mol. The Hall–Kier alpha value is 0.0400. The van der Waals surface area contributed by atoms with Gasteiger partial charge in [0.15, 0.2) is 0 Å². The van der Waals surface area contributed by atoms with Crippen LogP contribution in [0.15, 0.2) is 20.9 Å². The molecule has 0 spiro atoms. The first-order valence-corrected chi connectivity index (χ1v) is 8.38. The lowest BCUT2D eigenvalue weighted by molar-refractivity contribution is -0.140. The van der Waals surface area contributed by atoms with E-state index in [0.29, 0.717) is 3.58 Å². The van der Waals surface area contributed by atoms with E-state index in [1.165, 1.54) is 6.08 Å². The highest BCUT2D eigenvalue weighted by Gasteiger charge is 2.48. The Labute approximate surface area is 155 Å². The number of rotatable bonds is 4. The van der Waals surface area contributed by atoms with Gasteiger partial charge in [0.25, 0.3) is 0 Å². The van der Waals surface area contributed by atoms with Gasteiger partial charge in [0.1, 0.15) is 7.35 Å². The molecular weight excluding hydrogens is 607 g/mol. The number of aliphatic carboxylic acids is 1. The molecule has 0 aromatic rings. The molecule has 110 valence electrons. The second-order valence-corrected chi connectivity index (χ2v) is 10.5. The Kier molecular flexibility index (Phi) is 6.21. The van der Waals surface area contributed by atoms with Crippen LogP contribution in [0.2, 0.25) is 0 Å². The number of alkyl halides is 2. The van der Waals surface area contributed by atoms with Crippen LogP contribution >= 0.6 is 67.8 Å². The monoisotopic (exact) mass is 617 g/mol. The van der Waals surface area contributed by atoms with Gasteiger partial charge in [-0.05, 0) is 28.7 Å². The SMILES string of the molecule is NCC(=O)NC1=CC(C(N)=O)=C(I)C(C(=O)O)C1(I)I. The number of hydrogen-bond donors (Lipinski definition) is 4. The van der Waals surface area contributed by atoms with Gasteiger partial charge in [-0.15, -0.1) is 0 Å². The molecule has 6 N–H and O–H groups in total. The van der Waals surface area contributed by atoms with E-state index in [9.17, 15) is 19.5 Å². The lowest BCUT2D eigenvalue weighted by Gasteiger charge is -2.34. The van der Waals surface area contributed by atoms with Gasteiger partial charge in [-0.3, -0.25) is 14.4 Å². The number of carboxylic acids is 1. The molecule has 0 bridgehead atoms. The molecule has 1 rings (SSSR count). The second kappa shape index (κ2) is 6.87. The molecule has 1 aliphatic rings. The molecule has 2 amide bonds. The number of nitrogens with two attached hydrogens (primary N) is 2. The molecule has 1 aliphatic carbocycles. The topological polar surface area (TPSA) is 136 Å². The van der Waals surface area contributed by atoms with Crippen molar-refractivity contribution >= 4 is 85.6 Å². The Balaban J connectivity index is 3.41. The molecule has 7 nitrogen and oxygen atoms in total. The third-order valence-electron chi connectivity index (χ3n) is 2.49. The number of carbonyl (C=O) groups is 3. The Bertz CT molecular complexity index is 542. The van der Waals surface area contributed by atoms with Crippen molar-refractivity contribution < 1.29 is 19.5 Å². The van der Waals surface area contributed by atoms with Crippen LogP contribution in [0.1, 0.15) is 0 Å². The minimum atomic E-state index is -1.11. The molecular formula is C10H10I3N3O4. The first-order valence-electron chi connectivity index (χ1n) is 5.15. The van der Waals surface area contributed by atoms with Gasteiger partial charge < -0.3 is 21.9 Å². The Morgan fingerprint density at radius 3 is 2.35 bits per heavy atom. The molecule has 0 saturated carbocycles. The number of allylic oxidation sites excluding steroid dienone is 1. The number of nitrogens with one attached hydrogen (secondary N) is 1. The van der Waals surface area contributed by atoms with Gasteiger partial charge in [-0.25, -0.2) is 0 Å². The van der Waals surface area contributed by atoms with E-state index in [1.54, 1.807) is 22.6 Å². The standard InChI is InChI=1S/C10H10I3N3O4/c11-7-3(8(15)18)1-4(16-5(17)2-14)10(12,13)6(7)9(19)20/h1,6H,2,14H2,(H2,15,18)(H,16,17)(H,19,20). The van der Waals surface area contributed by atoms with Crippen LogP contribution in [0, 0.1) is 5.92 Å². The number of hydrogen-bond acceptors (Lipinski definition) is 4. The minimum absolute atomic E-state index is 0.0780. The third kappa shape index (κ3) is 3.62. The molecule has 0 fully saturated rings. The first kappa shape index (κ1) is 18.1. The maximum atomic E-state index is 11.5. The zero-order chi connectivity index (χ0) is 15.7. The normalized spacial score (nSPS) is 21.2. The highest BCUT2D eigenvalue weighted by molar-refractivity contribution is 14.2. The molecule has 0 aromatic heterocycles. The summed E-state index contributed by atoms with van der Waals surface area (Å²) in [6, 6.07) is 0. The van der Waals surface area contributed by atoms with Crippen molar-refractivity contribution in [3.63, 3.8) is 0 Å². The molecule has 10 heteroatoms. The molecule has 20 heavy (non-hydrogen) atoms. The summed E-state index contributed by atoms with van der Waals surface area (Å²) in [5.41, 5.74) is 10.8. The first-order chi connectivity index (χ1) is 9.12.